The molecule has 0 radical (unpaired) electrons. The molecule has 3 aliphatic rings. The summed E-state index contributed by atoms with van der Waals surface area (Å²) in [6.07, 6.45) is 5.48. The van der Waals surface area contributed by atoms with Gasteiger partial charge in [0, 0.05) is 36.1 Å². The van der Waals surface area contributed by atoms with E-state index in [1.807, 2.05) is 42.3 Å². The number of carbonyl (C=O) groups excluding carboxylic acids is 2. The van der Waals surface area contributed by atoms with Gasteiger partial charge in [-0.05, 0) is 53.9 Å². The standard InChI is InChI=1S/C31H39N5O4/c1-20(24-16-33-26-9-5-3-7-23(24)26)28(29(37)34-17-27-39-18-22(32)19-40-27)35-30(38)36-14-12-31(13-15-36)11-10-21-6-2-4-8-25(21)31/h2-9,16,20,22,27-28,33H,10-15,17-19,32H2,1H3,(H,34,37)(H,35,38)/t20-,22?,27?,28+/m0/s1. The van der Waals surface area contributed by atoms with Crippen molar-refractivity contribution in [2.45, 2.75) is 62.3 Å². The van der Waals surface area contributed by atoms with Gasteiger partial charge in [-0.2, -0.15) is 0 Å². The number of aromatic amines is 1. The van der Waals surface area contributed by atoms with Crippen LogP contribution in [-0.2, 0) is 26.1 Å². The number of benzene rings is 2. The zero-order valence-corrected chi connectivity index (χ0v) is 23.0. The smallest absolute Gasteiger partial charge is 0.318 e. The highest BCUT2D eigenvalue weighted by Gasteiger charge is 2.42. The van der Waals surface area contributed by atoms with Crippen molar-refractivity contribution in [3.63, 3.8) is 0 Å². The molecule has 5 N–H and O–H groups in total. The van der Waals surface area contributed by atoms with Gasteiger partial charge in [-0.3, -0.25) is 4.79 Å². The molecule has 1 aliphatic carbocycles. The van der Waals surface area contributed by atoms with Gasteiger partial charge in [-0.1, -0.05) is 49.4 Å². The number of nitrogens with one attached hydrogen (secondary N) is 3. The molecule has 2 fully saturated rings. The van der Waals surface area contributed by atoms with Crippen molar-refractivity contribution in [2.75, 3.05) is 32.8 Å². The molecule has 2 aromatic carbocycles. The Morgan fingerprint density at radius 2 is 1.80 bits per heavy atom. The van der Waals surface area contributed by atoms with Gasteiger partial charge in [-0.25, -0.2) is 4.79 Å². The SMILES string of the molecule is C[C@@H](c1c[nH]c2ccccc12)[C@@H](NC(=O)N1CCC2(CCc3ccccc32)CC1)C(=O)NCC1OCC(N)CO1. The number of piperidine rings is 1. The monoisotopic (exact) mass is 545 g/mol. The largest absolute Gasteiger partial charge is 0.361 e. The Labute approximate surface area is 234 Å². The molecule has 3 heterocycles. The fourth-order valence-corrected chi connectivity index (χ4v) is 6.68. The first kappa shape index (κ1) is 26.8. The molecule has 0 unspecified atom stereocenters. The summed E-state index contributed by atoms with van der Waals surface area (Å²) in [5.74, 6) is -0.550. The molecule has 9 nitrogen and oxygen atoms in total. The van der Waals surface area contributed by atoms with Crippen molar-refractivity contribution in [1.82, 2.24) is 20.5 Å². The topological polar surface area (TPSA) is 122 Å². The van der Waals surface area contributed by atoms with Gasteiger partial charge in [0.1, 0.15) is 6.04 Å². The molecule has 2 saturated heterocycles. The molecule has 0 saturated carbocycles. The number of urea groups is 1. The zero-order chi connectivity index (χ0) is 27.7. The van der Waals surface area contributed by atoms with E-state index in [-0.39, 0.29) is 35.9 Å². The van der Waals surface area contributed by atoms with Crippen LogP contribution < -0.4 is 16.4 Å². The van der Waals surface area contributed by atoms with E-state index in [9.17, 15) is 9.59 Å². The number of fused-ring (bicyclic) bond motifs is 3. The molecule has 2 aliphatic heterocycles. The molecule has 1 aromatic heterocycles. The van der Waals surface area contributed by atoms with Crippen molar-refractivity contribution in [1.29, 1.82) is 0 Å². The fourth-order valence-electron chi connectivity index (χ4n) is 6.68. The number of carbonyl (C=O) groups is 2. The Kier molecular flexibility index (Phi) is 7.53. The Morgan fingerprint density at radius 1 is 1.07 bits per heavy atom. The van der Waals surface area contributed by atoms with Gasteiger partial charge in [0.15, 0.2) is 6.29 Å². The summed E-state index contributed by atoms with van der Waals surface area (Å²) in [5.41, 5.74) is 10.9. The third kappa shape index (κ3) is 5.21. The predicted molar refractivity (Wildman–Crippen MR) is 153 cm³/mol. The predicted octanol–water partition coefficient (Wildman–Crippen LogP) is 3.15. The van der Waals surface area contributed by atoms with E-state index in [0.717, 1.165) is 42.1 Å². The van der Waals surface area contributed by atoms with Crippen molar-refractivity contribution >= 4 is 22.8 Å². The highest BCUT2D eigenvalue weighted by Crippen LogP contribution is 2.46. The number of nitrogens with two attached hydrogens (primary N) is 1. The van der Waals surface area contributed by atoms with Crippen LogP contribution in [0.25, 0.3) is 10.9 Å². The lowest BCUT2D eigenvalue weighted by molar-refractivity contribution is -0.183. The highest BCUT2D eigenvalue weighted by molar-refractivity contribution is 5.90. The quantitative estimate of drug-likeness (QED) is 0.379. The van der Waals surface area contributed by atoms with Crippen molar-refractivity contribution < 1.29 is 19.1 Å². The Hall–Kier alpha value is -3.40. The van der Waals surface area contributed by atoms with Crippen LogP contribution in [0.15, 0.2) is 54.7 Å². The van der Waals surface area contributed by atoms with E-state index < -0.39 is 12.3 Å². The number of nitrogens with zero attached hydrogens (tertiary/aromatic N) is 1. The number of ether oxygens (including phenoxy) is 2. The number of aryl methyl sites for hydroxylation is 1. The van der Waals surface area contributed by atoms with Crippen molar-refractivity contribution in [3.05, 3.63) is 71.4 Å². The van der Waals surface area contributed by atoms with Gasteiger partial charge in [0.2, 0.25) is 5.91 Å². The van der Waals surface area contributed by atoms with Crippen LogP contribution in [0.2, 0.25) is 0 Å². The molecule has 2 atom stereocenters. The Balaban J connectivity index is 1.15. The highest BCUT2D eigenvalue weighted by atomic mass is 16.7. The first-order valence-corrected chi connectivity index (χ1v) is 14.4. The molecular formula is C31H39N5O4. The zero-order valence-electron chi connectivity index (χ0n) is 23.0. The number of amides is 3. The van der Waals surface area contributed by atoms with Crippen LogP contribution in [0.3, 0.4) is 0 Å². The van der Waals surface area contributed by atoms with E-state index >= 15 is 0 Å². The molecule has 1 spiro atoms. The lowest BCUT2D eigenvalue weighted by atomic mass is 9.74. The van der Waals surface area contributed by atoms with Crippen molar-refractivity contribution in [3.8, 4) is 0 Å². The molecule has 212 valence electrons. The minimum absolute atomic E-state index is 0.157. The van der Waals surface area contributed by atoms with Crippen LogP contribution in [0, 0.1) is 0 Å². The molecular weight excluding hydrogens is 506 g/mol. The summed E-state index contributed by atoms with van der Waals surface area (Å²) in [7, 11) is 0. The summed E-state index contributed by atoms with van der Waals surface area (Å²) < 4.78 is 11.2. The van der Waals surface area contributed by atoms with E-state index in [4.69, 9.17) is 15.2 Å². The maximum atomic E-state index is 13.6. The summed E-state index contributed by atoms with van der Waals surface area (Å²) >= 11 is 0. The van der Waals surface area contributed by atoms with Crippen LogP contribution in [0.5, 0.6) is 0 Å². The maximum absolute atomic E-state index is 13.6. The van der Waals surface area contributed by atoms with Crippen LogP contribution >= 0.6 is 0 Å². The summed E-state index contributed by atoms with van der Waals surface area (Å²) in [4.78, 5) is 32.4. The first-order valence-electron chi connectivity index (χ1n) is 14.4. The normalized spacial score (nSPS) is 23.5. The van der Waals surface area contributed by atoms with Gasteiger partial charge < -0.3 is 35.7 Å². The van der Waals surface area contributed by atoms with E-state index in [1.54, 1.807) is 0 Å². The average molecular weight is 546 g/mol. The Bertz CT molecular complexity index is 1360. The first-order chi connectivity index (χ1) is 19.4. The number of likely N-dealkylation sites (tertiary alicyclic amines) is 1. The molecule has 3 aromatic rings. The van der Waals surface area contributed by atoms with Gasteiger partial charge in [0.25, 0.3) is 0 Å². The third-order valence-corrected chi connectivity index (χ3v) is 9.08. The number of hydrogen-bond acceptors (Lipinski definition) is 5. The number of H-pyrrole nitrogens is 1. The number of hydrogen-bond donors (Lipinski definition) is 4. The molecule has 0 bridgehead atoms. The molecule has 6 rings (SSSR count). The third-order valence-electron chi connectivity index (χ3n) is 9.08. The summed E-state index contributed by atoms with van der Waals surface area (Å²) in [6, 6.07) is 15.6. The van der Waals surface area contributed by atoms with Gasteiger partial charge >= 0.3 is 6.03 Å². The minimum Gasteiger partial charge on any atom is -0.361 e. The Morgan fingerprint density at radius 3 is 2.60 bits per heavy atom. The number of aromatic nitrogens is 1. The average Bonchev–Trinajstić information content (AvgIpc) is 3.58. The van der Waals surface area contributed by atoms with Crippen LogP contribution in [-0.4, -0.2) is 73.0 Å². The fraction of sp³-hybridized carbons (Fsp3) is 0.484. The van der Waals surface area contributed by atoms with Crippen molar-refractivity contribution in [2.24, 2.45) is 5.73 Å². The van der Waals surface area contributed by atoms with Crippen LogP contribution in [0.1, 0.15) is 48.8 Å². The number of para-hydroxylation sites is 1. The summed E-state index contributed by atoms with van der Waals surface area (Å²) in [5, 5.41) is 7.07. The van der Waals surface area contributed by atoms with Crippen LogP contribution in [0.4, 0.5) is 4.79 Å². The maximum Gasteiger partial charge on any atom is 0.318 e. The van der Waals surface area contributed by atoms with E-state index in [1.165, 1.54) is 11.1 Å². The second-order valence-corrected chi connectivity index (χ2v) is 11.5. The lowest BCUT2D eigenvalue weighted by Crippen LogP contribution is -2.56. The second kappa shape index (κ2) is 11.2. The van der Waals surface area contributed by atoms with Gasteiger partial charge in [-0.15, -0.1) is 0 Å². The van der Waals surface area contributed by atoms with E-state index in [0.29, 0.717) is 26.3 Å². The van der Waals surface area contributed by atoms with E-state index in [2.05, 4.69) is 39.9 Å². The summed E-state index contributed by atoms with van der Waals surface area (Å²) in [6.45, 7) is 4.26. The minimum atomic E-state index is -0.777. The second-order valence-electron chi connectivity index (χ2n) is 11.5. The lowest BCUT2D eigenvalue weighted by Gasteiger charge is -2.40. The molecule has 40 heavy (non-hydrogen) atoms. The number of rotatable bonds is 6. The van der Waals surface area contributed by atoms with Gasteiger partial charge in [0.05, 0.1) is 25.8 Å². The molecule has 3 amide bonds. The molecule has 9 heteroatoms.